The lowest BCUT2D eigenvalue weighted by atomic mass is 9.65. The number of rotatable bonds is 4. The molecule has 164 valence electrons. The molecule has 0 bridgehead atoms. The van der Waals surface area contributed by atoms with Crippen molar-refractivity contribution in [3.63, 3.8) is 0 Å². The monoisotopic (exact) mass is 404 g/mol. The summed E-state index contributed by atoms with van der Waals surface area (Å²) < 4.78 is 0. The van der Waals surface area contributed by atoms with Crippen molar-refractivity contribution in [2.45, 2.75) is 91.9 Å². The highest BCUT2D eigenvalue weighted by atomic mass is 14.4. The van der Waals surface area contributed by atoms with Crippen LogP contribution in [0.5, 0.6) is 0 Å². The first-order valence-electron chi connectivity index (χ1n) is 12.9. The Morgan fingerprint density at radius 1 is 0.700 bits per heavy atom. The fraction of sp³-hybridized carbons (Fsp3) is 0.667. The standard InChI is InChI=1S/C30H44/c1-19(2)25-13-11-21(5)15-28(25)24-17-23-9-7-8-10-27(23)30(18-24)29-16-22(6)12-14-26(29)20(3)4/h7-10,17-22,25-26,28-29H,11-16H2,1-6H3. The molecule has 6 unspecified atom stereocenters. The fourth-order valence-corrected chi connectivity index (χ4v) is 7.03. The highest BCUT2D eigenvalue weighted by Gasteiger charge is 2.35. The van der Waals surface area contributed by atoms with Gasteiger partial charge in [0.15, 0.2) is 0 Å². The van der Waals surface area contributed by atoms with Crippen LogP contribution >= 0.6 is 0 Å². The van der Waals surface area contributed by atoms with E-state index < -0.39 is 0 Å². The van der Waals surface area contributed by atoms with E-state index >= 15 is 0 Å². The Labute approximate surface area is 185 Å². The molecule has 0 aromatic heterocycles. The normalized spacial score (nSPS) is 32.8. The quantitative estimate of drug-likeness (QED) is 0.476. The summed E-state index contributed by atoms with van der Waals surface area (Å²) >= 11 is 0. The first kappa shape index (κ1) is 21.9. The molecule has 0 amide bonds. The molecule has 0 aliphatic heterocycles. The van der Waals surface area contributed by atoms with E-state index in [1.54, 1.807) is 11.1 Å². The van der Waals surface area contributed by atoms with Crippen LogP contribution in [0.25, 0.3) is 10.8 Å². The Morgan fingerprint density at radius 3 is 1.90 bits per heavy atom. The van der Waals surface area contributed by atoms with E-state index in [0.29, 0.717) is 0 Å². The lowest BCUT2D eigenvalue weighted by Gasteiger charge is -2.40. The lowest BCUT2D eigenvalue weighted by Crippen LogP contribution is -2.28. The maximum Gasteiger partial charge on any atom is -0.0122 e. The van der Waals surface area contributed by atoms with Gasteiger partial charge in [-0.2, -0.15) is 0 Å². The van der Waals surface area contributed by atoms with Gasteiger partial charge in [0.05, 0.1) is 0 Å². The predicted molar refractivity (Wildman–Crippen MR) is 132 cm³/mol. The summed E-state index contributed by atoms with van der Waals surface area (Å²) in [5.41, 5.74) is 3.32. The second kappa shape index (κ2) is 9.05. The van der Waals surface area contributed by atoms with Crippen LogP contribution in [0.3, 0.4) is 0 Å². The molecule has 2 aliphatic carbocycles. The van der Waals surface area contributed by atoms with Crippen molar-refractivity contribution < 1.29 is 0 Å². The second-order valence-electron chi connectivity index (χ2n) is 11.7. The molecule has 30 heavy (non-hydrogen) atoms. The number of hydrogen-bond acceptors (Lipinski definition) is 0. The van der Waals surface area contributed by atoms with Crippen LogP contribution in [0.2, 0.25) is 0 Å². The van der Waals surface area contributed by atoms with Crippen molar-refractivity contribution >= 4 is 10.8 Å². The van der Waals surface area contributed by atoms with Gasteiger partial charge >= 0.3 is 0 Å². The summed E-state index contributed by atoms with van der Waals surface area (Å²) in [4.78, 5) is 0. The van der Waals surface area contributed by atoms with Gasteiger partial charge in [-0.1, -0.05) is 90.8 Å². The summed E-state index contributed by atoms with van der Waals surface area (Å²) in [7, 11) is 0. The fourth-order valence-electron chi connectivity index (χ4n) is 7.03. The highest BCUT2D eigenvalue weighted by molar-refractivity contribution is 5.87. The van der Waals surface area contributed by atoms with E-state index in [0.717, 1.165) is 47.3 Å². The van der Waals surface area contributed by atoms with Crippen molar-refractivity contribution in [2.75, 3.05) is 0 Å². The average Bonchev–Trinajstić information content (AvgIpc) is 2.72. The van der Waals surface area contributed by atoms with Crippen LogP contribution < -0.4 is 0 Å². The van der Waals surface area contributed by atoms with E-state index in [4.69, 9.17) is 0 Å². The summed E-state index contributed by atoms with van der Waals surface area (Å²) in [5.74, 6) is 6.36. The third kappa shape index (κ3) is 4.35. The molecule has 0 spiro atoms. The third-order valence-electron chi connectivity index (χ3n) is 8.79. The molecule has 0 heteroatoms. The zero-order valence-electron chi connectivity index (χ0n) is 20.3. The van der Waals surface area contributed by atoms with E-state index in [9.17, 15) is 0 Å². The van der Waals surface area contributed by atoms with Gasteiger partial charge in [-0.3, -0.25) is 0 Å². The lowest BCUT2D eigenvalue weighted by molar-refractivity contribution is 0.194. The summed E-state index contributed by atoms with van der Waals surface area (Å²) in [6, 6.07) is 14.5. The molecule has 0 heterocycles. The predicted octanol–water partition coefficient (Wildman–Crippen LogP) is 9.19. The van der Waals surface area contributed by atoms with E-state index in [2.05, 4.69) is 77.9 Å². The molecule has 0 N–H and O–H groups in total. The number of benzene rings is 2. The van der Waals surface area contributed by atoms with Crippen LogP contribution in [0.15, 0.2) is 36.4 Å². The number of hydrogen-bond donors (Lipinski definition) is 0. The van der Waals surface area contributed by atoms with E-state index in [1.165, 1.54) is 49.3 Å². The van der Waals surface area contributed by atoms with Gasteiger partial charge < -0.3 is 0 Å². The second-order valence-corrected chi connectivity index (χ2v) is 11.7. The SMILES string of the molecule is CC1CCC(C(C)C)C(c2cc(C3CC(C)CCC3C(C)C)c3ccccc3c2)C1. The molecule has 2 saturated carbocycles. The first-order valence-corrected chi connectivity index (χ1v) is 12.9. The molecule has 0 nitrogen and oxygen atoms in total. The Balaban J connectivity index is 1.83. The largest absolute Gasteiger partial charge is 0.0625 e. The van der Waals surface area contributed by atoms with Crippen molar-refractivity contribution in [3.8, 4) is 0 Å². The van der Waals surface area contributed by atoms with Gasteiger partial charge in [-0.05, 0) is 94.9 Å². The molecule has 0 saturated heterocycles. The average molecular weight is 405 g/mol. The molecular formula is C30H44. The minimum atomic E-state index is 0.720. The Bertz CT molecular complexity index is 844. The molecule has 2 fully saturated rings. The maximum atomic E-state index is 2.69. The van der Waals surface area contributed by atoms with Gasteiger partial charge in [0.2, 0.25) is 0 Å². The van der Waals surface area contributed by atoms with E-state index in [1.807, 2.05) is 0 Å². The molecule has 4 rings (SSSR count). The zero-order valence-corrected chi connectivity index (χ0v) is 20.3. The van der Waals surface area contributed by atoms with Crippen LogP contribution in [-0.2, 0) is 0 Å². The van der Waals surface area contributed by atoms with Gasteiger partial charge in [0, 0.05) is 0 Å². The Hall–Kier alpha value is -1.30. The van der Waals surface area contributed by atoms with Crippen LogP contribution in [0, 0.1) is 35.5 Å². The zero-order chi connectivity index (χ0) is 21.4. The van der Waals surface area contributed by atoms with E-state index in [-0.39, 0.29) is 0 Å². The molecular weight excluding hydrogens is 360 g/mol. The minimum absolute atomic E-state index is 0.720. The number of fused-ring (bicyclic) bond motifs is 1. The first-order chi connectivity index (χ1) is 14.3. The topological polar surface area (TPSA) is 0 Å². The van der Waals surface area contributed by atoms with Crippen molar-refractivity contribution in [1.29, 1.82) is 0 Å². The molecule has 2 aliphatic rings. The highest BCUT2D eigenvalue weighted by Crippen LogP contribution is 2.49. The molecule has 2 aromatic carbocycles. The maximum absolute atomic E-state index is 2.69. The Kier molecular flexibility index (Phi) is 6.61. The van der Waals surface area contributed by atoms with Crippen LogP contribution in [0.4, 0.5) is 0 Å². The third-order valence-corrected chi connectivity index (χ3v) is 8.79. The molecule has 6 atom stereocenters. The molecule has 0 radical (unpaired) electrons. The van der Waals surface area contributed by atoms with Gasteiger partial charge in [0.25, 0.3) is 0 Å². The smallest absolute Gasteiger partial charge is 0.0122 e. The van der Waals surface area contributed by atoms with Crippen molar-refractivity contribution in [3.05, 3.63) is 47.5 Å². The van der Waals surface area contributed by atoms with Crippen LogP contribution in [0.1, 0.15) is 103 Å². The minimum Gasteiger partial charge on any atom is -0.0625 e. The molecule has 2 aromatic rings. The summed E-state index contributed by atoms with van der Waals surface area (Å²) in [6.07, 6.45) is 8.36. The Morgan fingerprint density at radius 2 is 1.27 bits per heavy atom. The van der Waals surface area contributed by atoms with Crippen molar-refractivity contribution in [2.24, 2.45) is 35.5 Å². The van der Waals surface area contributed by atoms with Gasteiger partial charge in [0.1, 0.15) is 0 Å². The summed E-state index contributed by atoms with van der Waals surface area (Å²) in [6.45, 7) is 14.8. The van der Waals surface area contributed by atoms with Crippen molar-refractivity contribution in [1.82, 2.24) is 0 Å². The van der Waals surface area contributed by atoms with Gasteiger partial charge in [-0.15, -0.1) is 0 Å². The van der Waals surface area contributed by atoms with Gasteiger partial charge in [-0.25, -0.2) is 0 Å². The van der Waals surface area contributed by atoms with Crippen LogP contribution in [-0.4, -0.2) is 0 Å². The summed E-state index contributed by atoms with van der Waals surface area (Å²) in [5, 5.41) is 3.00.